The normalized spacial score (nSPS) is 12.6. The molecule has 2 nitrogen and oxygen atoms in total. The Hall–Kier alpha value is -1.87. The molecular weight excluding hydrogens is 276 g/mol. The minimum atomic E-state index is 0.280. The summed E-state index contributed by atoms with van der Waals surface area (Å²) in [7, 11) is 0. The second-order valence-corrected chi connectivity index (χ2v) is 7.02. The zero-order valence-electron chi connectivity index (χ0n) is 12.9. The van der Waals surface area contributed by atoms with Crippen LogP contribution in [0.5, 0.6) is 0 Å². The molecule has 1 unspecified atom stereocenters. The zero-order chi connectivity index (χ0) is 15.0. The van der Waals surface area contributed by atoms with Crippen LogP contribution < -0.4 is 5.32 Å². The minimum absolute atomic E-state index is 0.280. The molecule has 0 aliphatic rings. The Morgan fingerprint density at radius 1 is 1.10 bits per heavy atom. The van der Waals surface area contributed by atoms with Gasteiger partial charge in [-0.15, -0.1) is 11.3 Å². The van der Waals surface area contributed by atoms with Gasteiger partial charge in [0.1, 0.15) is 0 Å². The first-order valence-corrected chi connectivity index (χ1v) is 8.06. The highest BCUT2D eigenvalue weighted by molar-refractivity contribution is 7.12. The SMILES string of the molecule is Cc1ccc2cccc(NC(C)c3cc(C)sc3C)c2n1. The van der Waals surface area contributed by atoms with Crippen LogP contribution in [0.1, 0.15) is 34.0 Å². The standard InChI is InChI=1S/C18H20N2S/c1-11-8-9-15-6-5-7-17(18(15)19-11)20-13(3)16-10-12(2)21-14(16)4/h5-10,13,20H,1-4H3. The number of para-hydroxylation sites is 1. The van der Waals surface area contributed by atoms with Crippen molar-refractivity contribution in [2.75, 3.05) is 5.32 Å². The summed E-state index contributed by atoms with van der Waals surface area (Å²) in [6, 6.07) is 13.1. The lowest BCUT2D eigenvalue weighted by atomic mass is 10.1. The van der Waals surface area contributed by atoms with E-state index in [4.69, 9.17) is 4.98 Å². The van der Waals surface area contributed by atoms with Gasteiger partial charge in [0.05, 0.1) is 11.2 Å². The van der Waals surface area contributed by atoms with Crippen molar-refractivity contribution in [3.05, 3.63) is 57.4 Å². The Balaban J connectivity index is 1.98. The minimum Gasteiger partial charge on any atom is -0.377 e. The van der Waals surface area contributed by atoms with Gasteiger partial charge in [-0.1, -0.05) is 18.2 Å². The summed E-state index contributed by atoms with van der Waals surface area (Å²) in [5.41, 5.74) is 4.58. The Bertz CT molecular complexity index is 789. The third-order valence-corrected chi connectivity index (χ3v) is 4.76. The fourth-order valence-corrected chi connectivity index (χ4v) is 3.77. The van der Waals surface area contributed by atoms with Gasteiger partial charge in [-0.2, -0.15) is 0 Å². The van der Waals surface area contributed by atoms with Gasteiger partial charge in [-0.3, -0.25) is 4.98 Å². The molecule has 1 aromatic carbocycles. The molecule has 0 amide bonds. The van der Waals surface area contributed by atoms with Crippen LogP contribution in [-0.2, 0) is 0 Å². The molecule has 0 spiro atoms. The van der Waals surface area contributed by atoms with Crippen LogP contribution in [-0.4, -0.2) is 4.98 Å². The van der Waals surface area contributed by atoms with E-state index in [0.717, 1.165) is 16.9 Å². The number of benzene rings is 1. The van der Waals surface area contributed by atoms with Crippen LogP contribution in [0.3, 0.4) is 0 Å². The van der Waals surface area contributed by atoms with Crippen molar-refractivity contribution in [1.29, 1.82) is 0 Å². The molecule has 21 heavy (non-hydrogen) atoms. The first kappa shape index (κ1) is 14.1. The number of aryl methyl sites for hydroxylation is 3. The third kappa shape index (κ3) is 2.79. The largest absolute Gasteiger partial charge is 0.377 e. The van der Waals surface area contributed by atoms with Crippen molar-refractivity contribution < 1.29 is 0 Å². The van der Waals surface area contributed by atoms with E-state index in [9.17, 15) is 0 Å². The monoisotopic (exact) mass is 296 g/mol. The summed E-state index contributed by atoms with van der Waals surface area (Å²) in [5.74, 6) is 0. The van der Waals surface area contributed by atoms with E-state index in [1.54, 1.807) is 0 Å². The molecule has 0 bridgehead atoms. The molecule has 1 N–H and O–H groups in total. The average molecular weight is 296 g/mol. The molecule has 0 fully saturated rings. The van der Waals surface area contributed by atoms with Gasteiger partial charge in [0.15, 0.2) is 0 Å². The number of hydrogen-bond acceptors (Lipinski definition) is 3. The quantitative estimate of drug-likeness (QED) is 0.700. The van der Waals surface area contributed by atoms with Crippen LogP contribution in [0.2, 0.25) is 0 Å². The van der Waals surface area contributed by atoms with E-state index in [1.807, 2.05) is 18.3 Å². The van der Waals surface area contributed by atoms with Gasteiger partial charge >= 0.3 is 0 Å². The van der Waals surface area contributed by atoms with Gasteiger partial charge in [0.2, 0.25) is 0 Å². The summed E-state index contributed by atoms with van der Waals surface area (Å²) >= 11 is 1.86. The fraction of sp³-hybridized carbons (Fsp3) is 0.278. The van der Waals surface area contributed by atoms with E-state index in [1.165, 1.54) is 20.7 Å². The number of fused-ring (bicyclic) bond motifs is 1. The van der Waals surface area contributed by atoms with E-state index in [2.05, 4.69) is 62.5 Å². The first-order chi connectivity index (χ1) is 10.0. The topological polar surface area (TPSA) is 24.9 Å². The van der Waals surface area contributed by atoms with Gasteiger partial charge in [0.25, 0.3) is 0 Å². The molecule has 0 saturated carbocycles. The number of hydrogen-bond donors (Lipinski definition) is 1. The summed E-state index contributed by atoms with van der Waals surface area (Å²) in [4.78, 5) is 7.44. The summed E-state index contributed by atoms with van der Waals surface area (Å²) in [6.07, 6.45) is 0. The van der Waals surface area contributed by atoms with Crippen molar-refractivity contribution in [2.24, 2.45) is 0 Å². The van der Waals surface area contributed by atoms with Gasteiger partial charge in [-0.25, -0.2) is 0 Å². The van der Waals surface area contributed by atoms with Crippen molar-refractivity contribution in [3.63, 3.8) is 0 Å². The van der Waals surface area contributed by atoms with E-state index in [-0.39, 0.29) is 6.04 Å². The molecule has 0 saturated heterocycles. The lowest BCUT2D eigenvalue weighted by molar-refractivity contribution is 0.883. The van der Waals surface area contributed by atoms with Crippen LogP contribution in [0, 0.1) is 20.8 Å². The highest BCUT2D eigenvalue weighted by atomic mass is 32.1. The highest BCUT2D eigenvalue weighted by Gasteiger charge is 2.12. The second kappa shape index (κ2) is 5.49. The first-order valence-electron chi connectivity index (χ1n) is 7.24. The molecule has 1 atom stereocenters. The van der Waals surface area contributed by atoms with E-state index >= 15 is 0 Å². The van der Waals surface area contributed by atoms with Crippen molar-refractivity contribution in [2.45, 2.75) is 33.7 Å². The number of pyridine rings is 1. The van der Waals surface area contributed by atoms with Crippen molar-refractivity contribution in [3.8, 4) is 0 Å². The molecule has 2 heterocycles. The molecule has 3 rings (SSSR count). The van der Waals surface area contributed by atoms with Crippen LogP contribution in [0.4, 0.5) is 5.69 Å². The molecule has 0 aliphatic heterocycles. The maximum absolute atomic E-state index is 4.69. The van der Waals surface area contributed by atoms with Gasteiger partial charge in [-0.05, 0) is 51.5 Å². The molecule has 108 valence electrons. The van der Waals surface area contributed by atoms with Crippen molar-refractivity contribution >= 4 is 27.9 Å². The van der Waals surface area contributed by atoms with Crippen LogP contribution >= 0.6 is 11.3 Å². The van der Waals surface area contributed by atoms with E-state index < -0.39 is 0 Å². The Morgan fingerprint density at radius 2 is 1.90 bits per heavy atom. The summed E-state index contributed by atoms with van der Waals surface area (Å²) in [5, 5.41) is 4.80. The Labute approximate surface area is 129 Å². The number of aromatic nitrogens is 1. The number of rotatable bonds is 3. The third-order valence-electron chi connectivity index (χ3n) is 3.78. The maximum atomic E-state index is 4.69. The van der Waals surface area contributed by atoms with Gasteiger partial charge < -0.3 is 5.32 Å². The lowest BCUT2D eigenvalue weighted by Gasteiger charge is -2.17. The predicted octanol–water partition coefficient (Wildman–Crippen LogP) is 5.39. The highest BCUT2D eigenvalue weighted by Crippen LogP contribution is 2.30. The summed E-state index contributed by atoms with van der Waals surface area (Å²) < 4.78 is 0. The number of anilines is 1. The second-order valence-electron chi connectivity index (χ2n) is 5.56. The lowest BCUT2D eigenvalue weighted by Crippen LogP contribution is -2.07. The number of nitrogens with zero attached hydrogens (tertiary/aromatic N) is 1. The number of thiophene rings is 1. The predicted molar refractivity (Wildman–Crippen MR) is 92.3 cm³/mol. The number of nitrogens with one attached hydrogen (secondary N) is 1. The molecule has 0 aliphatic carbocycles. The molecule has 2 aromatic heterocycles. The zero-order valence-corrected chi connectivity index (χ0v) is 13.7. The molecule has 3 aromatic rings. The van der Waals surface area contributed by atoms with Crippen LogP contribution in [0.15, 0.2) is 36.4 Å². The maximum Gasteiger partial charge on any atom is 0.0936 e. The average Bonchev–Trinajstić information content (AvgIpc) is 2.78. The molecular formula is C18H20N2S. The Kier molecular flexibility index (Phi) is 3.68. The van der Waals surface area contributed by atoms with E-state index in [0.29, 0.717) is 0 Å². The molecule has 0 radical (unpaired) electrons. The van der Waals surface area contributed by atoms with Gasteiger partial charge in [0, 0.05) is 26.9 Å². The Morgan fingerprint density at radius 3 is 2.62 bits per heavy atom. The fourth-order valence-electron chi connectivity index (χ4n) is 2.75. The molecule has 3 heteroatoms. The van der Waals surface area contributed by atoms with Crippen LogP contribution in [0.25, 0.3) is 10.9 Å². The van der Waals surface area contributed by atoms with Crippen molar-refractivity contribution in [1.82, 2.24) is 4.98 Å². The smallest absolute Gasteiger partial charge is 0.0936 e. The summed E-state index contributed by atoms with van der Waals surface area (Å²) in [6.45, 7) is 8.60.